The number of carbonyl (C=O) groups excluding carboxylic acids is 1. The van der Waals surface area contributed by atoms with Crippen molar-refractivity contribution in [3.05, 3.63) is 0 Å². The summed E-state index contributed by atoms with van der Waals surface area (Å²) in [4.78, 5) is 24.8. The van der Waals surface area contributed by atoms with E-state index < -0.39 is 6.09 Å². The lowest BCUT2D eigenvalue weighted by atomic mass is 10.2. The molecule has 0 aromatic rings. The van der Waals surface area contributed by atoms with Crippen molar-refractivity contribution < 1.29 is 14.7 Å². The van der Waals surface area contributed by atoms with E-state index in [4.69, 9.17) is 5.11 Å². The molecular weight excluding hydrogens is 174 g/mol. The molecule has 0 radical (unpaired) electrons. The summed E-state index contributed by atoms with van der Waals surface area (Å²) in [6.45, 7) is 1.90. The van der Waals surface area contributed by atoms with E-state index in [1.165, 1.54) is 4.90 Å². The summed E-state index contributed by atoms with van der Waals surface area (Å²) in [6.07, 6.45) is -0.904. The third-order valence-corrected chi connectivity index (χ3v) is 2.50. The lowest BCUT2D eigenvalue weighted by molar-refractivity contribution is 0.0997. The van der Waals surface area contributed by atoms with Crippen LogP contribution in [0.3, 0.4) is 0 Å². The van der Waals surface area contributed by atoms with Crippen molar-refractivity contribution in [3.8, 4) is 0 Å². The maximum atomic E-state index is 11.1. The van der Waals surface area contributed by atoms with Gasteiger partial charge in [0.1, 0.15) is 0 Å². The van der Waals surface area contributed by atoms with Crippen molar-refractivity contribution in [1.82, 2.24) is 15.1 Å². The van der Waals surface area contributed by atoms with E-state index in [9.17, 15) is 9.59 Å². The molecule has 13 heavy (non-hydrogen) atoms. The number of carbonyl (C=O) groups is 2. The van der Waals surface area contributed by atoms with Crippen LogP contribution in [0.4, 0.5) is 9.59 Å². The van der Waals surface area contributed by atoms with Crippen LogP contribution in [0.15, 0.2) is 0 Å². The molecule has 3 amide bonds. The topological polar surface area (TPSA) is 72.9 Å². The molecule has 2 aliphatic rings. The van der Waals surface area contributed by atoms with Crippen molar-refractivity contribution in [2.75, 3.05) is 26.2 Å². The first kappa shape index (κ1) is 8.15. The molecule has 0 bridgehead atoms. The van der Waals surface area contributed by atoms with E-state index in [2.05, 4.69) is 5.32 Å². The van der Waals surface area contributed by atoms with Gasteiger partial charge < -0.3 is 20.2 Å². The molecule has 0 aromatic heterocycles. The Balaban J connectivity index is 2.03. The Labute approximate surface area is 75.1 Å². The molecule has 0 spiro atoms. The highest BCUT2D eigenvalue weighted by Gasteiger charge is 2.36. The lowest BCUT2D eigenvalue weighted by Crippen LogP contribution is -2.53. The van der Waals surface area contributed by atoms with Crippen LogP contribution < -0.4 is 5.32 Å². The first-order chi connectivity index (χ1) is 6.18. The van der Waals surface area contributed by atoms with Gasteiger partial charge in [-0.05, 0) is 0 Å². The molecule has 2 N–H and O–H groups in total. The second-order valence-electron chi connectivity index (χ2n) is 3.26. The molecule has 2 fully saturated rings. The summed E-state index contributed by atoms with van der Waals surface area (Å²) in [5.41, 5.74) is 0. The molecule has 2 rings (SSSR count). The van der Waals surface area contributed by atoms with Crippen LogP contribution in [0.2, 0.25) is 0 Å². The van der Waals surface area contributed by atoms with Gasteiger partial charge in [0.25, 0.3) is 0 Å². The third kappa shape index (κ3) is 1.28. The molecule has 0 unspecified atom stereocenters. The number of rotatable bonds is 0. The summed E-state index contributed by atoms with van der Waals surface area (Å²) in [6, 6.07) is -0.0487. The van der Waals surface area contributed by atoms with Crippen molar-refractivity contribution in [2.45, 2.75) is 6.04 Å². The molecular formula is C7H11N3O3. The largest absolute Gasteiger partial charge is 0.465 e. The van der Waals surface area contributed by atoms with Crippen molar-refractivity contribution >= 4 is 12.1 Å². The van der Waals surface area contributed by atoms with Gasteiger partial charge in [0, 0.05) is 26.2 Å². The number of amides is 3. The van der Waals surface area contributed by atoms with Crippen LogP contribution >= 0.6 is 0 Å². The van der Waals surface area contributed by atoms with E-state index in [0.29, 0.717) is 26.2 Å². The summed E-state index contributed by atoms with van der Waals surface area (Å²) in [5.74, 6) is 0. The van der Waals surface area contributed by atoms with Crippen LogP contribution in [0.1, 0.15) is 0 Å². The smallest absolute Gasteiger partial charge is 0.407 e. The predicted octanol–water partition coefficient (Wildman–Crippen LogP) is -0.626. The van der Waals surface area contributed by atoms with Crippen LogP contribution in [0.5, 0.6) is 0 Å². The second kappa shape index (κ2) is 2.79. The number of fused-ring (bicyclic) bond motifs is 1. The SMILES string of the molecule is O=C(O)N1CCN2C(=O)NC[C@@H]2C1. The van der Waals surface area contributed by atoms with E-state index >= 15 is 0 Å². The van der Waals surface area contributed by atoms with Gasteiger partial charge in [-0.1, -0.05) is 0 Å². The van der Waals surface area contributed by atoms with Crippen molar-refractivity contribution in [3.63, 3.8) is 0 Å². The molecule has 2 heterocycles. The Kier molecular flexibility index (Phi) is 1.75. The van der Waals surface area contributed by atoms with E-state index in [-0.39, 0.29) is 12.1 Å². The molecule has 0 aromatic carbocycles. The molecule has 2 aliphatic heterocycles. The molecule has 1 atom stereocenters. The minimum absolute atomic E-state index is 0.0253. The molecule has 0 saturated carbocycles. The molecule has 6 nitrogen and oxygen atoms in total. The Morgan fingerprint density at radius 2 is 2.31 bits per heavy atom. The standard InChI is InChI=1S/C7H11N3O3/c11-6-8-3-5-4-9(7(12)13)1-2-10(5)6/h5H,1-4H2,(H,8,11)(H,12,13)/t5-/m1/s1. The minimum atomic E-state index is -0.904. The Hall–Kier alpha value is -1.46. The van der Waals surface area contributed by atoms with Crippen molar-refractivity contribution in [2.24, 2.45) is 0 Å². The second-order valence-corrected chi connectivity index (χ2v) is 3.26. The Bertz CT molecular complexity index is 255. The van der Waals surface area contributed by atoms with Gasteiger partial charge >= 0.3 is 12.1 Å². The number of nitrogens with one attached hydrogen (secondary N) is 1. The van der Waals surface area contributed by atoms with Gasteiger partial charge in [0.05, 0.1) is 6.04 Å². The van der Waals surface area contributed by atoms with Crippen LogP contribution in [0.25, 0.3) is 0 Å². The Morgan fingerprint density at radius 1 is 1.54 bits per heavy atom. The van der Waals surface area contributed by atoms with Gasteiger partial charge in [0.2, 0.25) is 0 Å². The molecule has 0 aliphatic carbocycles. The maximum absolute atomic E-state index is 11.1. The number of carboxylic acid groups (broad SMARTS) is 1. The number of urea groups is 1. The fourth-order valence-electron chi connectivity index (χ4n) is 1.78. The van der Waals surface area contributed by atoms with Crippen molar-refractivity contribution in [1.29, 1.82) is 0 Å². The van der Waals surface area contributed by atoms with E-state index in [1.54, 1.807) is 4.90 Å². The normalized spacial score (nSPS) is 27.1. The Morgan fingerprint density at radius 3 is 3.00 bits per heavy atom. The average Bonchev–Trinajstić information content (AvgIpc) is 2.47. The third-order valence-electron chi connectivity index (χ3n) is 2.50. The minimum Gasteiger partial charge on any atom is -0.465 e. The summed E-state index contributed by atoms with van der Waals surface area (Å²) < 4.78 is 0. The highest BCUT2D eigenvalue weighted by atomic mass is 16.4. The summed E-state index contributed by atoms with van der Waals surface area (Å²) in [5, 5.41) is 11.4. The molecule has 2 saturated heterocycles. The van der Waals surface area contributed by atoms with Crippen LogP contribution in [0, 0.1) is 0 Å². The maximum Gasteiger partial charge on any atom is 0.407 e. The first-order valence-electron chi connectivity index (χ1n) is 4.21. The number of nitrogens with zero attached hydrogens (tertiary/aromatic N) is 2. The van der Waals surface area contributed by atoms with E-state index in [1.807, 2.05) is 0 Å². The fraction of sp³-hybridized carbons (Fsp3) is 0.714. The van der Waals surface area contributed by atoms with Crippen LogP contribution in [-0.2, 0) is 0 Å². The number of hydrogen-bond acceptors (Lipinski definition) is 2. The predicted molar refractivity (Wildman–Crippen MR) is 43.5 cm³/mol. The summed E-state index contributed by atoms with van der Waals surface area (Å²) >= 11 is 0. The molecule has 6 heteroatoms. The zero-order chi connectivity index (χ0) is 9.42. The van der Waals surface area contributed by atoms with Gasteiger partial charge in [-0.3, -0.25) is 0 Å². The highest BCUT2D eigenvalue weighted by molar-refractivity contribution is 5.77. The zero-order valence-electron chi connectivity index (χ0n) is 7.06. The number of hydrogen-bond donors (Lipinski definition) is 2. The van der Waals surface area contributed by atoms with Gasteiger partial charge in [-0.25, -0.2) is 9.59 Å². The van der Waals surface area contributed by atoms with Gasteiger partial charge in [-0.2, -0.15) is 0 Å². The zero-order valence-corrected chi connectivity index (χ0v) is 7.06. The monoisotopic (exact) mass is 185 g/mol. The van der Waals surface area contributed by atoms with E-state index in [0.717, 1.165) is 0 Å². The first-order valence-corrected chi connectivity index (χ1v) is 4.21. The fourth-order valence-corrected chi connectivity index (χ4v) is 1.78. The van der Waals surface area contributed by atoms with Gasteiger partial charge in [0.15, 0.2) is 0 Å². The lowest BCUT2D eigenvalue weighted by Gasteiger charge is -2.34. The molecule has 72 valence electrons. The quantitative estimate of drug-likeness (QED) is 0.528. The summed E-state index contributed by atoms with van der Waals surface area (Å²) in [7, 11) is 0. The average molecular weight is 185 g/mol. The van der Waals surface area contributed by atoms with Crippen LogP contribution in [-0.4, -0.2) is 59.3 Å². The highest BCUT2D eigenvalue weighted by Crippen LogP contribution is 2.13. The van der Waals surface area contributed by atoms with Gasteiger partial charge in [-0.15, -0.1) is 0 Å². The number of piperazine rings is 1.